The number of aromatic nitrogens is 2. The lowest BCUT2D eigenvalue weighted by Gasteiger charge is -2.37. The van der Waals surface area contributed by atoms with Gasteiger partial charge in [-0.15, -0.1) is 0 Å². The number of halogens is 1. The molecule has 0 bridgehead atoms. The number of ether oxygens (including phenoxy) is 1. The molecule has 1 aromatic carbocycles. The minimum Gasteiger partial charge on any atom is -0.484 e. The van der Waals surface area contributed by atoms with Crippen LogP contribution in [0.1, 0.15) is 24.4 Å². The molecule has 24 heavy (non-hydrogen) atoms. The van der Waals surface area contributed by atoms with Crippen LogP contribution in [0.3, 0.4) is 0 Å². The van der Waals surface area contributed by atoms with E-state index in [-0.39, 0.29) is 36.4 Å². The van der Waals surface area contributed by atoms with Crippen LogP contribution in [0, 0.1) is 11.7 Å². The Balaban J connectivity index is 1.59. The van der Waals surface area contributed by atoms with Crippen LogP contribution >= 0.6 is 0 Å². The third-order valence-corrected chi connectivity index (χ3v) is 4.21. The molecule has 1 aliphatic rings. The summed E-state index contributed by atoms with van der Waals surface area (Å²) in [5.41, 5.74) is 0.907. The number of nitrogens with one attached hydrogen (secondary N) is 1. The summed E-state index contributed by atoms with van der Waals surface area (Å²) in [6.45, 7) is -0.155. The second kappa shape index (κ2) is 7.00. The summed E-state index contributed by atoms with van der Waals surface area (Å²) >= 11 is 0. The van der Waals surface area contributed by atoms with Crippen LogP contribution < -0.4 is 10.1 Å². The molecular weight excluding hydrogens is 313 g/mol. The molecule has 1 aliphatic carbocycles. The third-order valence-electron chi connectivity index (χ3n) is 4.21. The number of amides is 1. The molecule has 7 heteroatoms. The molecule has 1 heterocycles. The lowest BCUT2D eigenvalue weighted by atomic mass is 9.75. The van der Waals surface area contributed by atoms with Crippen LogP contribution in [-0.2, 0) is 11.8 Å². The number of carbonyl (C=O) groups excluding carboxylic acids is 1. The van der Waals surface area contributed by atoms with E-state index in [1.165, 1.54) is 24.3 Å². The van der Waals surface area contributed by atoms with Gasteiger partial charge in [-0.3, -0.25) is 9.48 Å². The highest BCUT2D eigenvalue weighted by Crippen LogP contribution is 2.37. The van der Waals surface area contributed by atoms with E-state index in [0.29, 0.717) is 18.6 Å². The van der Waals surface area contributed by atoms with Crippen LogP contribution in [0.5, 0.6) is 5.75 Å². The molecule has 2 aromatic rings. The van der Waals surface area contributed by atoms with Crippen LogP contribution in [0.2, 0.25) is 0 Å². The number of hydrogen-bond donors (Lipinski definition) is 2. The van der Waals surface area contributed by atoms with E-state index in [1.54, 1.807) is 10.9 Å². The molecule has 0 radical (unpaired) electrons. The largest absolute Gasteiger partial charge is 0.484 e. The van der Waals surface area contributed by atoms with E-state index < -0.39 is 0 Å². The Hall–Kier alpha value is -2.41. The highest BCUT2D eigenvalue weighted by atomic mass is 19.1. The van der Waals surface area contributed by atoms with Gasteiger partial charge in [0.05, 0.1) is 18.3 Å². The van der Waals surface area contributed by atoms with Crippen LogP contribution in [-0.4, -0.2) is 33.5 Å². The second-order valence-corrected chi connectivity index (χ2v) is 6.12. The first-order chi connectivity index (χ1) is 11.5. The molecule has 0 unspecified atom stereocenters. The Morgan fingerprint density at radius 3 is 2.75 bits per heavy atom. The fourth-order valence-corrected chi connectivity index (χ4v) is 2.87. The Morgan fingerprint density at radius 1 is 1.46 bits per heavy atom. The predicted molar refractivity (Wildman–Crippen MR) is 84.7 cm³/mol. The van der Waals surface area contributed by atoms with Gasteiger partial charge in [0.1, 0.15) is 11.6 Å². The highest BCUT2D eigenvalue weighted by Gasteiger charge is 2.36. The number of aliphatic hydroxyl groups is 1. The highest BCUT2D eigenvalue weighted by molar-refractivity contribution is 5.78. The molecule has 1 fully saturated rings. The Labute approximate surface area is 139 Å². The topological polar surface area (TPSA) is 76.4 Å². The maximum absolute atomic E-state index is 12.8. The van der Waals surface area contributed by atoms with E-state index >= 15 is 0 Å². The van der Waals surface area contributed by atoms with Gasteiger partial charge in [-0.2, -0.15) is 5.10 Å². The zero-order valence-corrected chi connectivity index (χ0v) is 13.4. The van der Waals surface area contributed by atoms with Gasteiger partial charge in [0.25, 0.3) is 5.91 Å². The van der Waals surface area contributed by atoms with Gasteiger partial charge in [0, 0.05) is 18.8 Å². The molecule has 1 saturated carbocycles. The first-order valence-electron chi connectivity index (χ1n) is 7.85. The summed E-state index contributed by atoms with van der Waals surface area (Å²) < 4.78 is 19.9. The zero-order valence-electron chi connectivity index (χ0n) is 13.4. The van der Waals surface area contributed by atoms with Gasteiger partial charge >= 0.3 is 0 Å². The van der Waals surface area contributed by atoms with Crippen molar-refractivity contribution in [3.8, 4) is 5.75 Å². The fourth-order valence-electron chi connectivity index (χ4n) is 2.87. The number of nitrogens with zero attached hydrogens (tertiary/aromatic N) is 2. The molecular formula is C17H20FN3O3. The van der Waals surface area contributed by atoms with E-state index in [4.69, 9.17) is 4.74 Å². The second-order valence-electron chi connectivity index (χ2n) is 6.12. The van der Waals surface area contributed by atoms with Crippen molar-refractivity contribution in [2.45, 2.75) is 25.0 Å². The normalized spacial score (nSPS) is 21.0. The van der Waals surface area contributed by atoms with Crippen molar-refractivity contribution in [2.24, 2.45) is 13.0 Å². The molecule has 1 amide bonds. The van der Waals surface area contributed by atoms with E-state index in [9.17, 15) is 14.3 Å². The maximum Gasteiger partial charge on any atom is 0.258 e. The van der Waals surface area contributed by atoms with Crippen molar-refractivity contribution in [1.82, 2.24) is 15.1 Å². The van der Waals surface area contributed by atoms with E-state index in [1.807, 2.05) is 13.2 Å². The van der Waals surface area contributed by atoms with Gasteiger partial charge in [-0.05, 0) is 43.0 Å². The number of rotatable bonds is 6. The van der Waals surface area contributed by atoms with E-state index in [0.717, 1.165) is 5.56 Å². The zero-order chi connectivity index (χ0) is 17.1. The average Bonchev–Trinajstić information content (AvgIpc) is 2.96. The molecule has 1 aromatic heterocycles. The number of benzene rings is 1. The van der Waals surface area contributed by atoms with Gasteiger partial charge in [-0.1, -0.05) is 0 Å². The van der Waals surface area contributed by atoms with Gasteiger partial charge in [-0.25, -0.2) is 4.39 Å². The Bertz CT molecular complexity index is 695. The SMILES string of the molecule is Cn1cc([C@@H](NC(=O)COc2ccc(F)cc2)C2CC(O)C2)cn1. The number of carbonyl (C=O) groups is 1. The smallest absolute Gasteiger partial charge is 0.258 e. The standard InChI is InChI=1S/C17H20FN3O3/c1-21-9-12(8-19-21)17(11-6-14(22)7-11)20-16(23)10-24-15-4-2-13(18)3-5-15/h2-5,8-9,11,14,17,22H,6-7,10H2,1H3,(H,20,23)/t11?,14?,17-/m0/s1. The molecule has 0 aliphatic heterocycles. The van der Waals surface area contributed by atoms with Crippen molar-refractivity contribution < 1.29 is 19.0 Å². The van der Waals surface area contributed by atoms with Gasteiger partial charge in [0.15, 0.2) is 6.61 Å². The summed E-state index contributed by atoms with van der Waals surface area (Å²) in [5, 5.41) is 16.6. The minimum atomic E-state index is -0.355. The lowest BCUT2D eigenvalue weighted by molar-refractivity contribution is -0.125. The Morgan fingerprint density at radius 2 is 2.17 bits per heavy atom. The van der Waals surface area contributed by atoms with E-state index in [2.05, 4.69) is 10.4 Å². The molecule has 0 spiro atoms. The monoisotopic (exact) mass is 333 g/mol. The summed E-state index contributed by atoms with van der Waals surface area (Å²) in [7, 11) is 1.82. The number of hydrogen-bond acceptors (Lipinski definition) is 4. The number of aryl methyl sites for hydroxylation is 1. The van der Waals surface area contributed by atoms with Crippen LogP contribution in [0.25, 0.3) is 0 Å². The van der Waals surface area contributed by atoms with Crippen molar-refractivity contribution in [3.63, 3.8) is 0 Å². The molecule has 1 atom stereocenters. The van der Waals surface area contributed by atoms with Crippen molar-refractivity contribution >= 4 is 5.91 Å². The average molecular weight is 333 g/mol. The fraction of sp³-hybridized carbons (Fsp3) is 0.412. The van der Waals surface area contributed by atoms with Crippen LogP contribution in [0.15, 0.2) is 36.7 Å². The summed E-state index contributed by atoms with van der Waals surface area (Å²) in [4.78, 5) is 12.2. The predicted octanol–water partition coefficient (Wildman–Crippen LogP) is 1.57. The van der Waals surface area contributed by atoms with Gasteiger partial charge in [0.2, 0.25) is 0 Å². The van der Waals surface area contributed by atoms with Crippen molar-refractivity contribution in [1.29, 1.82) is 0 Å². The molecule has 0 saturated heterocycles. The summed E-state index contributed by atoms with van der Waals surface area (Å²) in [6.07, 6.45) is 4.58. The molecule has 3 rings (SSSR count). The van der Waals surface area contributed by atoms with Crippen LogP contribution in [0.4, 0.5) is 4.39 Å². The quantitative estimate of drug-likeness (QED) is 0.841. The molecule has 6 nitrogen and oxygen atoms in total. The molecule has 128 valence electrons. The summed E-state index contributed by atoms with van der Waals surface area (Å²) in [5.74, 6) is -0.0101. The first kappa shape index (κ1) is 16.4. The van der Waals surface area contributed by atoms with Gasteiger partial charge < -0.3 is 15.2 Å². The Kier molecular flexibility index (Phi) is 4.80. The maximum atomic E-state index is 12.8. The van der Waals surface area contributed by atoms with Crippen molar-refractivity contribution in [2.75, 3.05) is 6.61 Å². The minimum absolute atomic E-state index is 0.155. The van der Waals surface area contributed by atoms with Crippen molar-refractivity contribution in [3.05, 3.63) is 48.0 Å². The summed E-state index contributed by atoms with van der Waals surface area (Å²) in [6, 6.07) is 5.31. The lowest BCUT2D eigenvalue weighted by Crippen LogP contribution is -2.42. The molecule has 2 N–H and O–H groups in total. The first-order valence-corrected chi connectivity index (χ1v) is 7.85. The number of aliphatic hydroxyl groups excluding tert-OH is 1. The third kappa shape index (κ3) is 3.91.